The molecule has 0 nitrogen and oxygen atoms in total. The summed E-state index contributed by atoms with van der Waals surface area (Å²) in [6.45, 7) is 36.2. The van der Waals surface area contributed by atoms with Gasteiger partial charge in [-0.3, -0.25) is 0 Å². The minimum atomic E-state index is 1.25. The minimum absolute atomic E-state index is 1.25. The third kappa shape index (κ3) is 51.1. The predicted octanol–water partition coefficient (Wildman–Crippen LogP) is 20.4. The molecule has 318 valence electrons. The van der Waals surface area contributed by atoms with E-state index in [1.54, 1.807) is 0 Å². The molecule has 0 spiro atoms. The molecule has 7 aromatic carbocycles. The van der Waals surface area contributed by atoms with Crippen molar-refractivity contribution in [1.82, 2.24) is 0 Å². The second-order valence-electron chi connectivity index (χ2n) is 8.87. The first-order valence-electron chi connectivity index (χ1n) is 22.2. The molecule has 0 aliphatic rings. The van der Waals surface area contributed by atoms with E-state index in [0.717, 1.165) is 0 Å². The van der Waals surface area contributed by atoms with Gasteiger partial charge in [0.15, 0.2) is 0 Å². The molecular weight excluding hydrogens is 685 g/mol. The van der Waals surface area contributed by atoms with Crippen molar-refractivity contribution in [2.45, 2.75) is 131 Å². The highest BCUT2D eigenvalue weighted by Gasteiger charge is 1.86. The second kappa shape index (κ2) is 72.3. The smallest absolute Gasteiger partial charge is 0.0184 e. The fourth-order valence-corrected chi connectivity index (χ4v) is 3.42. The normalized spacial score (nSPS) is 7.19. The molecule has 0 aliphatic heterocycles. The molecule has 0 N–H and O–H groups in total. The maximum absolute atomic E-state index is 2.12. The lowest BCUT2D eigenvalue weighted by Crippen LogP contribution is -1.67. The zero-order valence-corrected chi connectivity index (χ0v) is 40.3. The number of hydrogen-bond acceptors (Lipinski definition) is 0. The Labute approximate surface area is 357 Å². The SMILES string of the molecule is CC.CC.CC.CC.CC.CC.CC.CC.CCC.c1ccc2ccccc2c1.c1ccc2ccccc2c1.c1ccccc1.c1ccccc1.c1ccccc1. The fraction of sp³-hybridized carbons (Fsp3) is 0.333. The van der Waals surface area contributed by atoms with Crippen LogP contribution in [0.4, 0.5) is 0 Å². The van der Waals surface area contributed by atoms with Crippen LogP contribution in [-0.4, -0.2) is 0 Å². The van der Waals surface area contributed by atoms with Gasteiger partial charge in [-0.15, -0.1) is 0 Å². The van der Waals surface area contributed by atoms with Crippen molar-refractivity contribution in [2.24, 2.45) is 0 Å². The number of rotatable bonds is 0. The Morgan fingerprint density at radius 2 is 0.246 bits per heavy atom. The summed E-state index contributed by atoms with van der Waals surface area (Å²) >= 11 is 0. The second-order valence-corrected chi connectivity index (χ2v) is 8.87. The lowest BCUT2D eigenvalue weighted by Gasteiger charge is -1.92. The van der Waals surface area contributed by atoms with Crippen LogP contribution in [0.3, 0.4) is 0 Å². The van der Waals surface area contributed by atoms with E-state index >= 15 is 0 Å². The topological polar surface area (TPSA) is 0 Å². The first-order chi connectivity index (χ1) is 28.3. The van der Waals surface area contributed by atoms with E-state index in [1.165, 1.54) is 28.0 Å². The molecule has 7 aromatic rings. The van der Waals surface area contributed by atoms with Crippen LogP contribution in [0.15, 0.2) is 206 Å². The molecular formula is C57H90. The van der Waals surface area contributed by atoms with Crippen LogP contribution in [0.1, 0.15) is 131 Å². The Kier molecular flexibility index (Phi) is 84.8. The van der Waals surface area contributed by atoms with Gasteiger partial charge in [0.25, 0.3) is 0 Å². The Bertz CT molecular complexity index is 1150. The summed E-state index contributed by atoms with van der Waals surface area (Å²) in [7, 11) is 0. The van der Waals surface area contributed by atoms with Crippen LogP contribution in [0.25, 0.3) is 21.5 Å². The van der Waals surface area contributed by atoms with Gasteiger partial charge in [0, 0.05) is 0 Å². The fourth-order valence-electron chi connectivity index (χ4n) is 3.42. The number of fused-ring (bicyclic) bond motifs is 2. The molecule has 0 fully saturated rings. The summed E-state index contributed by atoms with van der Waals surface area (Å²) in [4.78, 5) is 0. The first kappa shape index (κ1) is 66.8. The summed E-state index contributed by atoms with van der Waals surface area (Å²) < 4.78 is 0. The molecule has 0 aromatic heterocycles. The highest BCUT2D eigenvalue weighted by Crippen LogP contribution is 2.12. The van der Waals surface area contributed by atoms with E-state index in [9.17, 15) is 0 Å². The van der Waals surface area contributed by atoms with Gasteiger partial charge in [-0.05, 0) is 21.5 Å². The molecule has 0 heterocycles. The van der Waals surface area contributed by atoms with E-state index in [4.69, 9.17) is 0 Å². The third-order valence-electron chi connectivity index (χ3n) is 5.32. The lowest BCUT2D eigenvalue weighted by atomic mass is 10.1. The van der Waals surface area contributed by atoms with Crippen LogP contribution >= 0.6 is 0 Å². The van der Waals surface area contributed by atoms with Crippen molar-refractivity contribution >= 4 is 21.5 Å². The molecule has 0 unspecified atom stereocenters. The zero-order chi connectivity index (χ0) is 45.1. The summed E-state index contributed by atoms with van der Waals surface area (Å²) in [6.07, 6.45) is 1.25. The molecule has 0 saturated carbocycles. The van der Waals surface area contributed by atoms with Crippen LogP contribution in [0, 0.1) is 0 Å². The summed E-state index contributed by atoms with van der Waals surface area (Å²) in [5.74, 6) is 0. The number of benzene rings is 7. The van der Waals surface area contributed by atoms with Crippen LogP contribution in [0.5, 0.6) is 0 Å². The van der Waals surface area contributed by atoms with Gasteiger partial charge < -0.3 is 0 Å². The van der Waals surface area contributed by atoms with Gasteiger partial charge in [-0.25, -0.2) is 0 Å². The van der Waals surface area contributed by atoms with Gasteiger partial charge >= 0.3 is 0 Å². The average Bonchev–Trinajstić information content (AvgIpc) is 3.37. The Balaban J connectivity index is -0.000000100. The first-order valence-corrected chi connectivity index (χ1v) is 22.2. The summed E-state index contributed by atoms with van der Waals surface area (Å²) in [5.41, 5.74) is 0. The molecule has 0 heteroatoms. The highest BCUT2D eigenvalue weighted by molar-refractivity contribution is 5.82. The summed E-state index contributed by atoms with van der Waals surface area (Å²) in [5, 5.41) is 5.24. The summed E-state index contributed by atoms with van der Waals surface area (Å²) in [6, 6.07) is 69.4. The molecule has 0 saturated heterocycles. The van der Waals surface area contributed by atoms with Gasteiger partial charge in [-0.1, -0.05) is 337 Å². The van der Waals surface area contributed by atoms with Gasteiger partial charge in [0.2, 0.25) is 0 Å². The molecule has 0 atom stereocenters. The molecule has 0 bridgehead atoms. The molecule has 0 aliphatic carbocycles. The van der Waals surface area contributed by atoms with Crippen LogP contribution < -0.4 is 0 Å². The van der Waals surface area contributed by atoms with Crippen molar-refractivity contribution in [3.63, 3.8) is 0 Å². The third-order valence-corrected chi connectivity index (χ3v) is 5.32. The van der Waals surface area contributed by atoms with Crippen molar-refractivity contribution in [3.8, 4) is 0 Å². The molecule has 0 radical (unpaired) electrons. The predicted molar refractivity (Wildman–Crippen MR) is 274 cm³/mol. The van der Waals surface area contributed by atoms with E-state index in [2.05, 4.69) is 111 Å². The minimum Gasteiger partial charge on any atom is -0.0683 e. The molecule has 0 amide bonds. The number of hydrogen-bond donors (Lipinski definition) is 0. The highest BCUT2D eigenvalue weighted by atomic mass is 13.9. The van der Waals surface area contributed by atoms with Crippen molar-refractivity contribution < 1.29 is 0 Å². The molecule has 7 rings (SSSR count). The van der Waals surface area contributed by atoms with Crippen LogP contribution in [-0.2, 0) is 0 Å². The quantitative estimate of drug-likeness (QED) is 0.144. The van der Waals surface area contributed by atoms with Crippen molar-refractivity contribution in [3.05, 3.63) is 206 Å². The van der Waals surface area contributed by atoms with E-state index in [-0.39, 0.29) is 0 Å². The Morgan fingerprint density at radius 3 is 0.316 bits per heavy atom. The Hall–Kier alpha value is -4.94. The van der Waals surface area contributed by atoms with E-state index in [0.29, 0.717) is 0 Å². The largest absolute Gasteiger partial charge is 0.0683 e. The van der Waals surface area contributed by atoms with Crippen molar-refractivity contribution in [2.75, 3.05) is 0 Å². The maximum atomic E-state index is 2.12. The van der Waals surface area contributed by atoms with E-state index < -0.39 is 0 Å². The average molecular weight is 775 g/mol. The maximum Gasteiger partial charge on any atom is -0.0184 e. The lowest BCUT2D eigenvalue weighted by molar-refractivity contribution is 1.09. The van der Waals surface area contributed by atoms with Gasteiger partial charge in [0.1, 0.15) is 0 Å². The standard InChI is InChI=1S/2C10H8.3C6H6.C3H8.8C2H6/c2*1-2-6-10-8-4-3-7-9(10)5-1;3*1-2-4-6-5-3-1;1-3-2;8*1-2/h2*1-8H;3*1-6H;3H2,1-2H3;8*1-2H3. The Morgan fingerprint density at radius 1 is 0.175 bits per heavy atom. The zero-order valence-electron chi connectivity index (χ0n) is 40.3. The monoisotopic (exact) mass is 775 g/mol. The van der Waals surface area contributed by atoms with Gasteiger partial charge in [0.05, 0.1) is 0 Å². The van der Waals surface area contributed by atoms with Gasteiger partial charge in [-0.2, -0.15) is 0 Å². The van der Waals surface area contributed by atoms with E-state index in [1.807, 2.05) is 220 Å². The molecule has 57 heavy (non-hydrogen) atoms. The van der Waals surface area contributed by atoms with Crippen LogP contribution in [0.2, 0.25) is 0 Å². The van der Waals surface area contributed by atoms with Crippen molar-refractivity contribution in [1.29, 1.82) is 0 Å².